The zero-order valence-electron chi connectivity index (χ0n) is 9.71. The van der Waals surface area contributed by atoms with Crippen LogP contribution in [0.2, 0.25) is 0 Å². The molecule has 0 fully saturated rings. The van der Waals surface area contributed by atoms with Crippen molar-refractivity contribution in [2.45, 2.75) is 30.8 Å². The van der Waals surface area contributed by atoms with Crippen LogP contribution < -0.4 is 5.32 Å². The largest absolute Gasteiger partial charge is 0.444 e. The van der Waals surface area contributed by atoms with Gasteiger partial charge < -0.3 is 4.74 Å². The number of rotatable bonds is 2. The van der Waals surface area contributed by atoms with Gasteiger partial charge in [-0.2, -0.15) is 0 Å². The van der Waals surface area contributed by atoms with Gasteiger partial charge in [0.25, 0.3) is 0 Å². The summed E-state index contributed by atoms with van der Waals surface area (Å²) in [6.07, 6.45) is -0.422. The summed E-state index contributed by atoms with van der Waals surface area (Å²) in [5.74, 6) is 0. The first kappa shape index (κ1) is 13.3. The lowest BCUT2D eigenvalue weighted by atomic mass is 10.2. The van der Waals surface area contributed by atoms with Crippen molar-refractivity contribution in [3.63, 3.8) is 0 Å². The number of alkyl halides is 1. The molecule has 0 radical (unpaired) electrons. The summed E-state index contributed by atoms with van der Waals surface area (Å²) in [4.78, 5) is 11.4. The standard InChI is InChI=1S/C12H16INO2/c1-12(2,3)16-11(15)14-10-6-4-9(8-13)5-7-10/h4-7H,8H2,1-3H3,(H,14,15). The number of amides is 1. The van der Waals surface area contributed by atoms with E-state index in [1.165, 1.54) is 5.56 Å². The minimum absolute atomic E-state index is 0.422. The molecule has 0 saturated carbocycles. The number of halogens is 1. The van der Waals surface area contributed by atoms with Gasteiger partial charge >= 0.3 is 6.09 Å². The summed E-state index contributed by atoms with van der Waals surface area (Å²) < 4.78 is 6.11. The van der Waals surface area contributed by atoms with Crippen LogP contribution in [0.25, 0.3) is 0 Å². The highest BCUT2D eigenvalue weighted by atomic mass is 127. The second-order valence-corrected chi connectivity index (χ2v) is 5.22. The quantitative estimate of drug-likeness (QED) is 0.657. The molecule has 1 rings (SSSR count). The van der Waals surface area contributed by atoms with E-state index in [0.29, 0.717) is 0 Å². The maximum atomic E-state index is 11.4. The van der Waals surface area contributed by atoms with Gasteiger partial charge in [-0.25, -0.2) is 4.79 Å². The fraction of sp³-hybridized carbons (Fsp3) is 0.417. The predicted octanol–water partition coefficient (Wildman–Crippen LogP) is 3.97. The number of carbonyl (C=O) groups is 1. The summed E-state index contributed by atoms with van der Waals surface area (Å²) >= 11 is 2.30. The fourth-order valence-electron chi connectivity index (χ4n) is 1.10. The third-order valence-corrected chi connectivity index (χ3v) is 2.63. The predicted molar refractivity (Wildman–Crippen MR) is 74.0 cm³/mol. The molecule has 16 heavy (non-hydrogen) atoms. The van der Waals surface area contributed by atoms with Crippen LogP contribution in [0.5, 0.6) is 0 Å². The van der Waals surface area contributed by atoms with E-state index in [2.05, 4.69) is 27.9 Å². The van der Waals surface area contributed by atoms with E-state index < -0.39 is 11.7 Å². The Morgan fingerprint density at radius 1 is 1.31 bits per heavy atom. The SMILES string of the molecule is CC(C)(C)OC(=O)Nc1ccc(CI)cc1. The minimum Gasteiger partial charge on any atom is -0.444 e. The van der Waals surface area contributed by atoms with Crippen molar-refractivity contribution in [2.24, 2.45) is 0 Å². The zero-order valence-corrected chi connectivity index (χ0v) is 11.9. The third kappa shape index (κ3) is 4.83. The summed E-state index contributed by atoms with van der Waals surface area (Å²) in [5.41, 5.74) is 1.52. The van der Waals surface area contributed by atoms with Crippen LogP contribution in [0.1, 0.15) is 26.3 Å². The van der Waals surface area contributed by atoms with E-state index in [1.54, 1.807) is 0 Å². The molecular weight excluding hydrogens is 317 g/mol. The van der Waals surface area contributed by atoms with Gasteiger partial charge in [0.05, 0.1) is 0 Å². The van der Waals surface area contributed by atoms with Crippen LogP contribution >= 0.6 is 22.6 Å². The molecule has 0 atom stereocenters. The highest BCUT2D eigenvalue weighted by molar-refractivity contribution is 14.1. The van der Waals surface area contributed by atoms with Crippen LogP contribution in [0.3, 0.4) is 0 Å². The Labute approximate surface area is 110 Å². The van der Waals surface area contributed by atoms with E-state index in [0.717, 1.165) is 10.1 Å². The van der Waals surface area contributed by atoms with Gasteiger partial charge in [0.1, 0.15) is 5.60 Å². The third-order valence-electron chi connectivity index (χ3n) is 1.75. The minimum atomic E-state index is -0.466. The molecule has 0 aliphatic carbocycles. The topological polar surface area (TPSA) is 38.3 Å². The number of ether oxygens (including phenoxy) is 1. The molecule has 0 unspecified atom stereocenters. The first-order chi connectivity index (χ1) is 7.40. The molecule has 0 heterocycles. The monoisotopic (exact) mass is 333 g/mol. The second kappa shape index (κ2) is 5.52. The highest BCUT2D eigenvalue weighted by Crippen LogP contribution is 2.14. The molecule has 1 amide bonds. The number of carbonyl (C=O) groups excluding carboxylic acids is 1. The van der Waals surface area contributed by atoms with E-state index in [9.17, 15) is 4.79 Å². The Morgan fingerprint density at radius 3 is 2.31 bits per heavy atom. The van der Waals surface area contributed by atoms with Crippen molar-refractivity contribution in [1.82, 2.24) is 0 Å². The molecular formula is C12H16INO2. The van der Waals surface area contributed by atoms with Crippen molar-refractivity contribution in [2.75, 3.05) is 5.32 Å². The maximum absolute atomic E-state index is 11.4. The molecule has 0 bridgehead atoms. The summed E-state index contributed by atoms with van der Waals surface area (Å²) in [6, 6.07) is 7.72. The molecule has 0 spiro atoms. The van der Waals surface area contributed by atoms with Crippen LogP contribution in [-0.4, -0.2) is 11.7 Å². The Balaban J connectivity index is 2.56. The van der Waals surface area contributed by atoms with Gasteiger partial charge in [0.2, 0.25) is 0 Å². The summed E-state index contributed by atoms with van der Waals surface area (Å²) in [7, 11) is 0. The van der Waals surface area contributed by atoms with E-state index >= 15 is 0 Å². The van der Waals surface area contributed by atoms with Crippen molar-refractivity contribution in [1.29, 1.82) is 0 Å². The molecule has 0 aromatic heterocycles. The van der Waals surface area contributed by atoms with E-state index in [-0.39, 0.29) is 0 Å². The van der Waals surface area contributed by atoms with Gasteiger partial charge in [0, 0.05) is 10.1 Å². The lowest BCUT2D eigenvalue weighted by molar-refractivity contribution is 0.0636. The summed E-state index contributed by atoms with van der Waals surface area (Å²) in [5, 5.41) is 2.69. The first-order valence-electron chi connectivity index (χ1n) is 5.05. The molecule has 4 heteroatoms. The average molecular weight is 333 g/mol. The fourth-order valence-corrected chi connectivity index (χ4v) is 1.61. The van der Waals surface area contributed by atoms with Crippen LogP contribution in [-0.2, 0) is 9.16 Å². The van der Waals surface area contributed by atoms with Crippen molar-refractivity contribution < 1.29 is 9.53 Å². The zero-order chi connectivity index (χ0) is 12.2. The number of nitrogens with one attached hydrogen (secondary N) is 1. The Morgan fingerprint density at radius 2 is 1.88 bits per heavy atom. The molecule has 3 nitrogen and oxygen atoms in total. The molecule has 1 N–H and O–H groups in total. The average Bonchev–Trinajstić information content (AvgIpc) is 2.16. The van der Waals surface area contributed by atoms with E-state index in [1.807, 2.05) is 45.0 Å². The van der Waals surface area contributed by atoms with Crippen molar-refractivity contribution in [3.05, 3.63) is 29.8 Å². The smallest absolute Gasteiger partial charge is 0.412 e. The Bertz CT molecular complexity index is 354. The molecule has 1 aromatic rings. The van der Waals surface area contributed by atoms with E-state index in [4.69, 9.17) is 4.74 Å². The number of benzene rings is 1. The van der Waals surface area contributed by atoms with Gasteiger partial charge in [-0.15, -0.1) is 0 Å². The Kier molecular flexibility index (Phi) is 4.58. The summed E-state index contributed by atoms with van der Waals surface area (Å²) in [6.45, 7) is 5.52. The van der Waals surface area contributed by atoms with Crippen LogP contribution in [0.4, 0.5) is 10.5 Å². The number of hydrogen-bond acceptors (Lipinski definition) is 2. The number of anilines is 1. The molecule has 0 aliphatic rings. The molecule has 1 aromatic carbocycles. The number of hydrogen-bond donors (Lipinski definition) is 1. The van der Waals surface area contributed by atoms with Gasteiger partial charge in [-0.1, -0.05) is 34.7 Å². The van der Waals surface area contributed by atoms with Crippen LogP contribution in [0, 0.1) is 0 Å². The molecule has 0 aliphatic heterocycles. The van der Waals surface area contributed by atoms with Gasteiger partial charge in [0.15, 0.2) is 0 Å². The lowest BCUT2D eigenvalue weighted by Gasteiger charge is -2.19. The highest BCUT2D eigenvalue weighted by Gasteiger charge is 2.15. The lowest BCUT2D eigenvalue weighted by Crippen LogP contribution is -2.27. The maximum Gasteiger partial charge on any atom is 0.412 e. The van der Waals surface area contributed by atoms with Crippen LogP contribution in [0.15, 0.2) is 24.3 Å². The second-order valence-electron chi connectivity index (χ2n) is 4.46. The van der Waals surface area contributed by atoms with Gasteiger partial charge in [-0.3, -0.25) is 5.32 Å². The normalized spacial score (nSPS) is 11.0. The first-order valence-corrected chi connectivity index (χ1v) is 6.58. The van der Waals surface area contributed by atoms with Crippen molar-refractivity contribution >= 4 is 34.4 Å². The molecule has 88 valence electrons. The van der Waals surface area contributed by atoms with Gasteiger partial charge in [-0.05, 0) is 38.5 Å². The Hall–Kier alpha value is -0.780. The molecule has 0 saturated heterocycles. The van der Waals surface area contributed by atoms with Crippen molar-refractivity contribution in [3.8, 4) is 0 Å².